The van der Waals surface area contributed by atoms with Gasteiger partial charge in [0.2, 0.25) is 0 Å². The third kappa shape index (κ3) is 9.32. The Morgan fingerprint density at radius 1 is 1.18 bits per heavy atom. The zero-order valence-electron chi connectivity index (χ0n) is 17.3. The van der Waals surface area contributed by atoms with Gasteiger partial charge in [0.05, 0.1) is 45.7 Å². The van der Waals surface area contributed by atoms with Crippen molar-refractivity contribution in [3.05, 3.63) is 29.3 Å². The molecular weight excluding hydrogens is 362 g/mol. The number of ether oxygens (including phenoxy) is 4. The summed E-state index contributed by atoms with van der Waals surface area (Å²) in [6, 6.07) is 5.43. The fourth-order valence-corrected chi connectivity index (χ4v) is 2.53. The van der Waals surface area contributed by atoms with E-state index in [0.29, 0.717) is 50.9 Å². The molecular formula is C21H35NO6. The number of epoxide rings is 1. The van der Waals surface area contributed by atoms with Gasteiger partial charge in [0.25, 0.3) is 0 Å². The van der Waals surface area contributed by atoms with Gasteiger partial charge in [-0.05, 0) is 38.5 Å². The zero-order valence-corrected chi connectivity index (χ0v) is 17.3. The molecule has 160 valence electrons. The number of aliphatic hydroxyl groups is 2. The Kier molecular flexibility index (Phi) is 9.64. The Balaban J connectivity index is 1.65. The third-order valence-electron chi connectivity index (χ3n) is 4.23. The van der Waals surface area contributed by atoms with Crippen LogP contribution in [0.2, 0.25) is 0 Å². The van der Waals surface area contributed by atoms with Crippen LogP contribution in [0.1, 0.15) is 44.4 Å². The molecule has 1 aromatic rings. The van der Waals surface area contributed by atoms with Gasteiger partial charge in [-0.3, -0.25) is 0 Å². The van der Waals surface area contributed by atoms with Crippen LogP contribution < -0.4 is 10.1 Å². The van der Waals surface area contributed by atoms with Crippen molar-refractivity contribution in [1.29, 1.82) is 0 Å². The van der Waals surface area contributed by atoms with Gasteiger partial charge < -0.3 is 34.5 Å². The molecule has 7 heteroatoms. The SMILES string of the molecule is CC(C)(C)NCC(O)c1ccc(OCCCOCCOCC2CO2)c(CO)c1. The van der Waals surface area contributed by atoms with E-state index in [1.807, 2.05) is 6.07 Å². The summed E-state index contributed by atoms with van der Waals surface area (Å²) in [5.41, 5.74) is 1.36. The lowest BCUT2D eigenvalue weighted by molar-refractivity contribution is 0.0381. The molecule has 0 aromatic heterocycles. The molecule has 0 aliphatic carbocycles. The molecule has 0 spiro atoms. The van der Waals surface area contributed by atoms with Gasteiger partial charge in [-0.15, -0.1) is 0 Å². The summed E-state index contributed by atoms with van der Waals surface area (Å²) in [7, 11) is 0. The van der Waals surface area contributed by atoms with E-state index < -0.39 is 6.10 Å². The van der Waals surface area contributed by atoms with Gasteiger partial charge in [-0.2, -0.15) is 0 Å². The highest BCUT2D eigenvalue weighted by Gasteiger charge is 2.22. The maximum Gasteiger partial charge on any atom is 0.124 e. The second-order valence-corrected chi connectivity index (χ2v) is 8.02. The van der Waals surface area contributed by atoms with E-state index in [9.17, 15) is 10.2 Å². The fraction of sp³-hybridized carbons (Fsp3) is 0.714. The monoisotopic (exact) mass is 397 g/mol. The molecule has 1 heterocycles. The molecule has 28 heavy (non-hydrogen) atoms. The van der Waals surface area contributed by atoms with E-state index in [0.717, 1.165) is 18.6 Å². The van der Waals surface area contributed by atoms with Crippen molar-refractivity contribution in [3.8, 4) is 5.75 Å². The summed E-state index contributed by atoms with van der Waals surface area (Å²) < 4.78 is 21.7. The number of nitrogens with one attached hydrogen (secondary N) is 1. The van der Waals surface area contributed by atoms with E-state index in [4.69, 9.17) is 18.9 Å². The average molecular weight is 398 g/mol. The van der Waals surface area contributed by atoms with Crippen LogP contribution in [-0.4, -0.2) is 68.0 Å². The first-order valence-corrected chi connectivity index (χ1v) is 9.95. The Morgan fingerprint density at radius 3 is 2.61 bits per heavy atom. The second kappa shape index (κ2) is 11.7. The van der Waals surface area contributed by atoms with Gasteiger partial charge in [0.1, 0.15) is 11.9 Å². The summed E-state index contributed by atoms with van der Waals surface area (Å²) in [6.45, 7) is 10.1. The summed E-state index contributed by atoms with van der Waals surface area (Å²) in [5, 5.41) is 23.2. The molecule has 2 unspecified atom stereocenters. The Hall–Kier alpha value is -1.22. The molecule has 0 saturated carbocycles. The van der Waals surface area contributed by atoms with Gasteiger partial charge in [0, 0.05) is 30.7 Å². The molecule has 0 bridgehead atoms. The van der Waals surface area contributed by atoms with Crippen molar-refractivity contribution in [2.45, 2.75) is 51.5 Å². The lowest BCUT2D eigenvalue weighted by atomic mass is 10.0. The van der Waals surface area contributed by atoms with Crippen LogP contribution >= 0.6 is 0 Å². The summed E-state index contributed by atoms with van der Waals surface area (Å²) in [6.07, 6.45) is 0.397. The highest BCUT2D eigenvalue weighted by molar-refractivity contribution is 5.37. The standard InChI is InChI=1S/C21H35NO6/c1-21(2,3)22-12-19(24)16-5-6-20(17(11-16)13-23)27-8-4-7-25-9-10-26-14-18-15-28-18/h5-6,11,18-19,22-24H,4,7-10,12-15H2,1-3H3. The van der Waals surface area contributed by atoms with Crippen molar-refractivity contribution in [2.24, 2.45) is 0 Å². The van der Waals surface area contributed by atoms with Crippen LogP contribution in [0.4, 0.5) is 0 Å². The number of hydrogen-bond donors (Lipinski definition) is 3. The lowest BCUT2D eigenvalue weighted by Gasteiger charge is -2.23. The van der Waals surface area contributed by atoms with E-state index in [-0.39, 0.29) is 18.2 Å². The van der Waals surface area contributed by atoms with Crippen LogP contribution in [0.15, 0.2) is 18.2 Å². The molecule has 1 aliphatic heterocycles. The van der Waals surface area contributed by atoms with Gasteiger partial charge >= 0.3 is 0 Å². The molecule has 3 N–H and O–H groups in total. The number of β-amino-alcohol motifs (C(OH)–C–C–N with tert-alkyl or cyclic N) is 1. The fourth-order valence-electron chi connectivity index (χ4n) is 2.53. The largest absolute Gasteiger partial charge is 0.493 e. The van der Waals surface area contributed by atoms with Gasteiger partial charge in [0.15, 0.2) is 0 Å². The first kappa shape index (κ1) is 23.1. The normalized spacial score (nSPS) is 17.5. The van der Waals surface area contributed by atoms with Crippen LogP contribution in [0, 0.1) is 0 Å². The smallest absolute Gasteiger partial charge is 0.124 e. The van der Waals surface area contributed by atoms with E-state index in [2.05, 4.69) is 26.1 Å². The van der Waals surface area contributed by atoms with Crippen molar-refractivity contribution < 1.29 is 29.2 Å². The molecule has 0 amide bonds. The maximum absolute atomic E-state index is 10.3. The van der Waals surface area contributed by atoms with Crippen LogP contribution in [0.3, 0.4) is 0 Å². The predicted octanol–water partition coefficient (Wildman–Crippen LogP) is 1.80. The van der Waals surface area contributed by atoms with E-state index in [1.54, 1.807) is 12.1 Å². The molecule has 1 saturated heterocycles. The minimum Gasteiger partial charge on any atom is -0.493 e. The molecule has 7 nitrogen and oxygen atoms in total. The first-order valence-electron chi connectivity index (χ1n) is 9.95. The van der Waals surface area contributed by atoms with E-state index in [1.165, 1.54) is 0 Å². The predicted molar refractivity (Wildman–Crippen MR) is 107 cm³/mol. The maximum atomic E-state index is 10.3. The van der Waals surface area contributed by atoms with E-state index >= 15 is 0 Å². The molecule has 0 radical (unpaired) electrons. The highest BCUT2D eigenvalue weighted by atomic mass is 16.6. The van der Waals surface area contributed by atoms with Gasteiger partial charge in [-0.25, -0.2) is 0 Å². The number of hydrogen-bond acceptors (Lipinski definition) is 7. The molecule has 1 aliphatic rings. The Labute approximate surface area is 167 Å². The van der Waals surface area contributed by atoms with Crippen molar-refractivity contribution >= 4 is 0 Å². The Bertz CT molecular complexity index is 571. The lowest BCUT2D eigenvalue weighted by Crippen LogP contribution is -2.38. The number of aliphatic hydroxyl groups excluding tert-OH is 2. The van der Waals surface area contributed by atoms with Crippen LogP contribution in [0.5, 0.6) is 5.75 Å². The van der Waals surface area contributed by atoms with Crippen molar-refractivity contribution in [2.75, 3.05) is 46.2 Å². The zero-order chi connectivity index (χ0) is 20.4. The van der Waals surface area contributed by atoms with Crippen LogP contribution in [-0.2, 0) is 20.8 Å². The van der Waals surface area contributed by atoms with Crippen molar-refractivity contribution in [1.82, 2.24) is 5.32 Å². The molecule has 1 fully saturated rings. The topological polar surface area (TPSA) is 92.7 Å². The second-order valence-electron chi connectivity index (χ2n) is 8.02. The number of benzene rings is 1. The third-order valence-corrected chi connectivity index (χ3v) is 4.23. The molecule has 2 rings (SSSR count). The summed E-state index contributed by atoms with van der Waals surface area (Å²) in [5.74, 6) is 0.634. The first-order chi connectivity index (χ1) is 13.4. The average Bonchev–Trinajstić information content (AvgIpc) is 3.48. The Morgan fingerprint density at radius 2 is 1.93 bits per heavy atom. The minimum absolute atomic E-state index is 0.0658. The van der Waals surface area contributed by atoms with Gasteiger partial charge in [-0.1, -0.05) is 6.07 Å². The highest BCUT2D eigenvalue weighted by Crippen LogP contribution is 2.24. The number of rotatable bonds is 14. The summed E-state index contributed by atoms with van der Waals surface area (Å²) >= 11 is 0. The van der Waals surface area contributed by atoms with Crippen LogP contribution in [0.25, 0.3) is 0 Å². The quantitative estimate of drug-likeness (QED) is 0.326. The molecule has 2 atom stereocenters. The molecule has 1 aromatic carbocycles. The summed E-state index contributed by atoms with van der Waals surface area (Å²) in [4.78, 5) is 0. The minimum atomic E-state index is -0.638. The van der Waals surface area contributed by atoms with Crippen molar-refractivity contribution in [3.63, 3.8) is 0 Å².